The van der Waals surface area contributed by atoms with Crippen LogP contribution >= 0.6 is 0 Å². The van der Waals surface area contributed by atoms with E-state index in [1.165, 1.54) is 32.5 Å². The Labute approximate surface area is 171 Å². The fourth-order valence-corrected chi connectivity index (χ4v) is 3.77. The largest absolute Gasteiger partial charge is 0.496 e. The zero-order chi connectivity index (χ0) is 21.4. The normalized spacial score (nSPS) is 11.6. The van der Waals surface area contributed by atoms with E-state index in [1.807, 2.05) is 19.1 Å². The highest BCUT2D eigenvalue weighted by atomic mass is 32.2. The van der Waals surface area contributed by atoms with Gasteiger partial charge in [-0.05, 0) is 49.7 Å². The molecule has 29 heavy (non-hydrogen) atoms. The van der Waals surface area contributed by atoms with Crippen LogP contribution < -0.4 is 14.9 Å². The number of hydrogen-bond acceptors (Lipinski definition) is 6. The van der Waals surface area contributed by atoms with Crippen molar-refractivity contribution in [3.8, 4) is 11.5 Å². The molecule has 0 aliphatic rings. The molecular weight excluding hydrogens is 394 g/mol. The van der Waals surface area contributed by atoms with Crippen molar-refractivity contribution in [2.24, 2.45) is 5.10 Å². The standard InChI is InChI=1S/C20H25N3O5S/c1-5-28-19-9-7-6-8-16(19)13-21-22-20(24)14-23(3)29(25,26)17-10-11-18(27-4)15(2)12-17/h6-13H,5,14H2,1-4H3,(H,22,24)/b21-13-. The molecule has 2 aromatic rings. The summed E-state index contributed by atoms with van der Waals surface area (Å²) in [4.78, 5) is 12.2. The molecule has 0 atom stereocenters. The van der Waals surface area contributed by atoms with Crippen LogP contribution in [0.5, 0.6) is 11.5 Å². The number of sulfonamides is 1. The lowest BCUT2D eigenvalue weighted by atomic mass is 10.2. The van der Waals surface area contributed by atoms with Crippen LogP contribution in [-0.2, 0) is 14.8 Å². The van der Waals surface area contributed by atoms with Crippen molar-refractivity contribution >= 4 is 22.1 Å². The van der Waals surface area contributed by atoms with Crippen LogP contribution in [0.4, 0.5) is 0 Å². The number of ether oxygens (including phenoxy) is 2. The molecule has 0 saturated heterocycles. The molecule has 0 unspecified atom stereocenters. The molecule has 8 nitrogen and oxygen atoms in total. The number of likely N-dealkylation sites (N-methyl/N-ethyl adjacent to an activating group) is 1. The summed E-state index contributed by atoms with van der Waals surface area (Å²) >= 11 is 0. The number of amides is 1. The minimum atomic E-state index is -3.83. The number of benzene rings is 2. The van der Waals surface area contributed by atoms with Gasteiger partial charge in [-0.1, -0.05) is 12.1 Å². The Kier molecular flexibility index (Phi) is 7.74. The number of para-hydroxylation sites is 1. The molecule has 0 radical (unpaired) electrons. The van der Waals surface area contributed by atoms with E-state index in [0.29, 0.717) is 29.2 Å². The van der Waals surface area contributed by atoms with E-state index < -0.39 is 15.9 Å². The zero-order valence-electron chi connectivity index (χ0n) is 16.9. The minimum absolute atomic E-state index is 0.0836. The Balaban J connectivity index is 2.02. The quantitative estimate of drug-likeness (QED) is 0.496. The number of rotatable bonds is 9. The van der Waals surface area contributed by atoms with Gasteiger partial charge in [0.2, 0.25) is 10.0 Å². The molecule has 0 aliphatic carbocycles. The lowest BCUT2D eigenvalue weighted by molar-refractivity contribution is -0.121. The summed E-state index contributed by atoms with van der Waals surface area (Å²) in [7, 11) is -0.978. The van der Waals surface area contributed by atoms with E-state index in [1.54, 1.807) is 25.1 Å². The zero-order valence-corrected chi connectivity index (χ0v) is 17.7. The Hall–Kier alpha value is -2.91. The van der Waals surface area contributed by atoms with Crippen molar-refractivity contribution in [1.29, 1.82) is 0 Å². The van der Waals surface area contributed by atoms with Crippen molar-refractivity contribution in [3.63, 3.8) is 0 Å². The molecule has 0 aliphatic heterocycles. The summed E-state index contributed by atoms with van der Waals surface area (Å²) in [6, 6.07) is 11.8. The maximum atomic E-state index is 12.7. The van der Waals surface area contributed by atoms with E-state index in [0.717, 1.165) is 4.31 Å². The average Bonchev–Trinajstić information content (AvgIpc) is 2.69. The number of aryl methyl sites for hydroxylation is 1. The Morgan fingerprint density at radius 2 is 1.93 bits per heavy atom. The molecule has 0 spiro atoms. The maximum Gasteiger partial charge on any atom is 0.255 e. The van der Waals surface area contributed by atoms with E-state index in [-0.39, 0.29) is 11.4 Å². The van der Waals surface area contributed by atoms with Gasteiger partial charge in [0.15, 0.2) is 0 Å². The average molecular weight is 420 g/mol. The first-order valence-electron chi connectivity index (χ1n) is 8.94. The molecule has 0 bridgehead atoms. The Bertz CT molecular complexity index is 989. The van der Waals surface area contributed by atoms with Gasteiger partial charge in [0.1, 0.15) is 11.5 Å². The predicted molar refractivity (Wildman–Crippen MR) is 111 cm³/mol. The van der Waals surface area contributed by atoms with Crippen LogP contribution in [-0.4, -0.2) is 52.2 Å². The number of carbonyl (C=O) groups is 1. The van der Waals surface area contributed by atoms with Gasteiger partial charge < -0.3 is 9.47 Å². The van der Waals surface area contributed by atoms with Crippen LogP contribution in [0.25, 0.3) is 0 Å². The first-order chi connectivity index (χ1) is 13.8. The third-order valence-corrected chi connectivity index (χ3v) is 5.85. The Morgan fingerprint density at radius 1 is 1.21 bits per heavy atom. The number of carbonyl (C=O) groups excluding carboxylic acids is 1. The van der Waals surface area contributed by atoms with Crippen molar-refractivity contribution in [1.82, 2.24) is 9.73 Å². The number of hydrazone groups is 1. The van der Waals surface area contributed by atoms with Crippen LogP contribution in [0.3, 0.4) is 0 Å². The van der Waals surface area contributed by atoms with Crippen molar-refractivity contribution in [2.45, 2.75) is 18.7 Å². The first kappa shape index (κ1) is 22.4. The van der Waals surface area contributed by atoms with Gasteiger partial charge in [0.25, 0.3) is 5.91 Å². The molecule has 0 aromatic heterocycles. The van der Waals surface area contributed by atoms with Crippen molar-refractivity contribution in [2.75, 3.05) is 27.3 Å². The third kappa shape index (κ3) is 5.78. The molecule has 156 valence electrons. The molecule has 0 fully saturated rings. The fourth-order valence-electron chi connectivity index (χ4n) is 2.56. The second-order valence-corrected chi connectivity index (χ2v) is 8.20. The highest BCUT2D eigenvalue weighted by Gasteiger charge is 2.23. The van der Waals surface area contributed by atoms with Gasteiger partial charge in [-0.3, -0.25) is 4.79 Å². The van der Waals surface area contributed by atoms with E-state index in [2.05, 4.69) is 10.5 Å². The van der Waals surface area contributed by atoms with Gasteiger partial charge in [0.05, 0.1) is 31.4 Å². The molecule has 0 saturated carbocycles. The lowest BCUT2D eigenvalue weighted by Gasteiger charge is -2.17. The first-order valence-corrected chi connectivity index (χ1v) is 10.4. The molecule has 2 aromatic carbocycles. The second-order valence-electron chi connectivity index (χ2n) is 6.16. The number of nitrogens with one attached hydrogen (secondary N) is 1. The highest BCUT2D eigenvalue weighted by molar-refractivity contribution is 7.89. The summed E-state index contributed by atoms with van der Waals surface area (Å²) in [6.07, 6.45) is 1.45. The monoisotopic (exact) mass is 419 g/mol. The SMILES string of the molecule is CCOc1ccccc1/C=N\NC(=O)CN(C)S(=O)(=O)c1ccc(OC)c(C)c1. The Morgan fingerprint density at radius 3 is 2.59 bits per heavy atom. The number of nitrogens with zero attached hydrogens (tertiary/aromatic N) is 2. The van der Waals surface area contributed by atoms with Crippen molar-refractivity contribution < 1.29 is 22.7 Å². The number of methoxy groups -OCH3 is 1. The summed E-state index contributed by atoms with van der Waals surface area (Å²) in [5.74, 6) is 0.667. The molecule has 1 N–H and O–H groups in total. The summed E-state index contributed by atoms with van der Waals surface area (Å²) in [5, 5.41) is 3.89. The van der Waals surface area contributed by atoms with Crippen LogP contribution in [0.15, 0.2) is 52.5 Å². The molecule has 9 heteroatoms. The topological polar surface area (TPSA) is 97.3 Å². The van der Waals surface area contributed by atoms with Crippen LogP contribution in [0.1, 0.15) is 18.1 Å². The lowest BCUT2D eigenvalue weighted by Crippen LogP contribution is -2.36. The molecule has 0 heterocycles. The fraction of sp³-hybridized carbons (Fsp3) is 0.300. The van der Waals surface area contributed by atoms with E-state index in [4.69, 9.17) is 9.47 Å². The number of hydrogen-bond donors (Lipinski definition) is 1. The maximum absolute atomic E-state index is 12.7. The van der Waals surface area contributed by atoms with Crippen LogP contribution in [0, 0.1) is 6.92 Å². The predicted octanol–water partition coefficient (Wildman–Crippen LogP) is 2.17. The minimum Gasteiger partial charge on any atom is -0.496 e. The van der Waals surface area contributed by atoms with Crippen LogP contribution in [0.2, 0.25) is 0 Å². The van der Waals surface area contributed by atoms with Gasteiger partial charge >= 0.3 is 0 Å². The highest BCUT2D eigenvalue weighted by Crippen LogP contribution is 2.23. The smallest absolute Gasteiger partial charge is 0.255 e. The van der Waals surface area contributed by atoms with Gasteiger partial charge in [-0.15, -0.1) is 0 Å². The third-order valence-electron chi connectivity index (χ3n) is 4.05. The molecule has 1 amide bonds. The molecular formula is C20H25N3O5S. The van der Waals surface area contributed by atoms with Crippen molar-refractivity contribution in [3.05, 3.63) is 53.6 Å². The van der Waals surface area contributed by atoms with Gasteiger partial charge in [-0.2, -0.15) is 9.41 Å². The van der Waals surface area contributed by atoms with Gasteiger partial charge in [-0.25, -0.2) is 13.8 Å². The van der Waals surface area contributed by atoms with E-state index >= 15 is 0 Å². The molecule has 2 rings (SSSR count). The second kappa shape index (κ2) is 10.0. The summed E-state index contributed by atoms with van der Waals surface area (Å²) < 4.78 is 37.0. The van der Waals surface area contributed by atoms with E-state index in [9.17, 15) is 13.2 Å². The summed E-state index contributed by atoms with van der Waals surface area (Å²) in [6.45, 7) is 3.75. The summed E-state index contributed by atoms with van der Waals surface area (Å²) in [5.41, 5.74) is 3.72. The van der Waals surface area contributed by atoms with Gasteiger partial charge in [0, 0.05) is 12.6 Å².